The zero-order valence-electron chi connectivity index (χ0n) is 22.3. The fraction of sp³-hybridized carbons (Fsp3) is 0.323. The van der Waals surface area contributed by atoms with Gasteiger partial charge in [0.15, 0.2) is 0 Å². The van der Waals surface area contributed by atoms with Crippen molar-refractivity contribution in [3.63, 3.8) is 0 Å². The van der Waals surface area contributed by atoms with E-state index in [1.807, 2.05) is 61.7 Å². The van der Waals surface area contributed by atoms with Crippen LogP contribution in [0.25, 0.3) is 10.9 Å². The molecule has 0 aliphatic carbocycles. The molecule has 202 valence electrons. The molecule has 39 heavy (non-hydrogen) atoms. The molecule has 0 bridgehead atoms. The van der Waals surface area contributed by atoms with Gasteiger partial charge in [0.05, 0.1) is 25.7 Å². The Labute approximate surface area is 227 Å². The van der Waals surface area contributed by atoms with E-state index in [1.165, 1.54) is 4.90 Å². The quantitative estimate of drug-likeness (QED) is 0.271. The van der Waals surface area contributed by atoms with Crippen LogP contribution in [0.15, 0.2) is 66.9 Å². The number of fused-ring (bicyclic) bond motifs is 2. The van der Waals surface area contributed by atoms with Crippen molar-refractivity contribution < 1.29 is 24.2 Å². The smallest absolute Gasteiger partial charge is 0.413 e. The van der Waals surface area contributed by atoms with Crippen molar-refractivity contribution in [1.82, 2.24) is 9.55 Å². The third-order valence-corrected chi connectivity index (χ3v) is 7.20. The first-order chi connectivity index (χ1) is 18.9. The van der Waals surface area contributed by atoms with E-state index in [-0.39, 0.29) is 18.4 Å². The summed E-state index contributed by atoms with van der Waals surface area (Å²) in [5.74, 6) is 1.05. The third-order valence-electron chi connectivity index (χ3n) is 7.20. The summed E-state index contributed by atoms with van der Waals surface area (Å²) in [5, 5.41) is 10.5. The Morgan fingerprint density at radius 1 is 1.10 bits per heavy atom. The van der Waals surface area contributed by atoms with Gasteiger partial charge in [-0.25, -0.2) is 9.78 Å². The molecule has 3 heterocycles. The summed E-state index contributed by atoms with van der Waals surface area (Å²) in [4.78, 5) is 30.0. The summed E-state index contributed by atoms with van der Waals surface area (Å²) in [6.07, 6.45) is 3.50. The monoisotopic (exact) mass is 527 g/mol. The second-order valence-corrected chi connectivity index (χ2v) is 9.75. The number of carbonyl (C=O) groups is 2. The maximum absolute atomic E-state index is 12.5. The van der Waals surface area contributed by atoms with Crippen LogP contribution in [0.5, 0.6) is 5.75 Å². The molecule has 0 saturated heterocycles. The van der Waals surface area contributed by atoms with Crippen molar-refractivity contribution in [1.29, 1.82) is 0 Å². The number of anilines is 1. The fourth-order valence-electron chi connectivity index (χ4n) is 5.28. The molecule has 0 fully saturated rings. The molecule has 2 aromatic heterocycles. The number of carbonyl (C=O) groups excluding carboxylic acids is 1. The minimum atomic E-state index is -0.969. The number of ether oxygens (including phenoxy) is 2. The van der Waals surface area contributed by atoms with Crippen molar-refractivity contribution in [2.45, 2.75) is 45.6 Å². The SMILES string of the molecule is CCOC(=O)CC(c1ccccc1C)n1ccc2cc(OCCc3ccc4c(n3)N(C(=O)O)CCC4)ccc21. The predicted molar refractivity (Wildman–Crippen MR) is 150 cm³/mol. The number of esters is 1. The Hall–Kier alpha value is -4.33. The second kappa shape index (κ2) is 11.6. The van der Waals surface area contributed by atoms with Crippen molar-refractivity contribution in [2.75, 3.05) is 24.7 Å². The van der Waals surface area contributed by atoms with Crippen LogP contribution in [0, 0.1) is 6.92 Å². The summed E-state index contributed by atoms with van der Waals surface area (Å²) in [6.45, 7) is 5.12. The molecule has 2 aromatic carbocycles. The molecule has 1 aliphatic heterocycles. The first-order valence-electron chi connectivity index (χ1n) is 13.4. The van der Waals surface area contributed by atoms with Crippen LogP contribution >= 0.6 is 0 Å². The Bertz CT molecular complexity index is 1490. The van der Waals surface area contributed by atoms with Gasteiger partial charge < -0.3 is 19.1 Å². The summed E-state index contributed by atoms with van der Waals surface area (Å²) < 4.78 is 13.5. The van der Waals surface area contributed by atoms with Gasteiger partial charge in [-0.3, -0.25) is 9.69 Å². The van der Waals surface area contributed by atoms with E-state index in [2.05, 4.69) is 28.6 Å². The van der Waals surface area contributed by atoms with Gasteiger partial charge in [0, 0.05) is 35.8 Å². The highest BCUT2D eigenvalue weighted by Crippen LogP contribution is 2.32. The van der Waals surface area contributed by atoms with Crippen LogP contribution in [0.3, 0.4) is 0 Å². The largest absolute Gasteiger partial charge is 0.493 e. The number of aryl methyl sites for hydroxylation is 2. The number of rotatable bonds is 9. The molecule has 0 radical (unpaired) electrons. The minimum absolute atomic E-state index is 0.185. The van der Waals surface area contributed by atoms with E-state index < -0.39 is 6.09 Å². The summed E-state index contributed by atoms with van der Waals surface area (Å²) in [7, 11) is 0. The molecule has 8 nitrogen and oxygen atoms in total. The van der Waals surface area contributed by atoms with E-state index in [0.717, 1.165) is 51.9 Å². The Balaban J connectivity index is 1.32. The molecule has 0 saturated carbocycles. The van der Waals surface area contributed by atoms with Gasteiger partial charge in [-0.2, -0.15) is 0 Å². The first-order valence-corrected chi connectivity index (χ1v) is 13.4. The van der Waals surface area contributed by atoms with E-state index in [9.17, 15) is 14.7 Å². The van der Waals surface area contributed by atoms with Crippen molar-refractivity contribution in [2.24, 2.45) is 0 Å². The normalized spacial score (nSPS) is 13.6. The molecule has 8 heteroatoms. The lowest BCUT2D eigenvalue weighted by molar-refractivity contribution is -0.143. The number of benzene rings is 2. The minimum Gasteiger partial charge on any atom is -0.493 e. The third kappa shape index (κ3) is 5.74. The highest BCUT2D eigenvalue weighted by molar-refractivity contribution is 5.86. The van der Waals surface area contributed by atoms with Gasteiger partial charge in [-0.15, -0.1) is 0 Å². The maximum atomic E-state index is 12.5. The molecule has 1 unspecified atom stereocenters. The highest BCUT2D eigenvalue weighted by Gasteiger charge is 2.24. The molecule has 5 rings (SSSR count). The van der Waals surface area contributed by atoms with E-state index in [4.69, 9.17) is 9.47 Å². The Morgan fingerprint density at radius 2 is 1.95 bits per heavy atom. The molecular formula is C31H33N3O5. The number of hydrogen-bond acceptors (Lipinski definition) is 5. The average Bonchev–Trinajstić information content (AvgIpc) is 3.35. The number of nitrogens with zero attached hydrogens (tertiary/aromatic N) is 3. The number of amides is 1. The van der Waals surface area contributed by atoms with Gasteiger partial charge in [-0.1, -0.05) is 30.3 Å². The molecule has 4 aromatic rings. The molecule has 1 N–H and O–H groups in total. The number of carboxylic acid groups (broad SMARTS) is 1. The summed E-state index contributed by atoms with van der Waals surface area (Å²) in [6, 6.07) is 19.8. The predicted octanol–water partition coefficient (Wildman–Crippen LogP) is 5.94. The fourth-order valence-corrected chi connectivity index (χ4v) is 5.28. The second-order valence-electron chi connectivity index (χ2n) is 9.75. The van der Waals surface area contributed by atoms with Crippen molar-refractivity contribution in [3.8, 4) is 5.75 Å². The first kappa shape index (κ1) is 26.3. The highest BCUT2D eigenvalue weighted by atomic mass is 16.5. The summed E-state index contributed by atoms with van der Waals surface area (Å²) in [5.41, 5.74) is 4.98. The van der Waals surface area contributed by atoms with Crippen molar-refractivity contribution in [3.05, 3.63) is 89.2 Å². The topological polar surface area (TPSA) is 93.9 Å². The maximum Gasteiger partial charge on any atom is 0.413 e. The number of aromatic nitrogens is 2. The lowest BCUT2D eigenvalue weighted by Gasteiger charge is -2.26. The van der Waals surface area contributed by atoms with Crippen LogP contribution in [-0.4, -0.2) is 46.5 Å². The lowest BCUT2D eigenvalue weighted by Crippen LogP contribution is -2.35. The van der Waals surface area contributed by atoms with Gasteiger partial charge in [0.1, 0.15) is 11.6 Å². The molecule has 1 aliphatic rings. The zero-order valence-corrected chi connectivity index (χ0v) is 22.3. The van der Waals surface area contributed by atoms with Gasteiger partial charge in [-0.05, 0) is 73.7 Å². The lowest BCUT2D eigenvalue weighted by atomic mass is 9.98. The van der Waals surface area contributed by atoms with Crippen LogP contribution in [0.1, 0.15) is 48.2 Å². The number of hydrogen-bond donors (Lipinski definition) is 1. The van der Waals surface area contributed by atoms with Gasteiger partial charge in [0.25, 0.3) is 0 Å². The van der Waals surface area contributed by atoms with Gasteiger partial charge >= 0.3 is 12.1 Å². The van der Waals surface area contributed by atoms with Crippen LogP contribution < -0.4 is 9.64 Å². The Kier molecular flexibility index (Phi) is 7.81. The summed E-state index contributed by atoms with van der Waals surface area (Å²) >= 11 is 0. The molecule has 1 atom stereocenters. The van der Waals surface area contributed by atoms with E-state index in [1.54, 1.807) is 0 Å². The Morgan fingerprint density at radius 3 is 2.74 bits per heavy atom. The average molecular weight is 528 g/mol. The van der Waals surface area contributed by atoms with E-state index in [0.29, 0.717) is 32.0 Å². The van der Waals surface area contributed by atoms with Gasteiger partial charge in [0.2, 0.25) is 0 Å². The number of pyridine rings is 1. The van der Waals surface area contributed by atoms with Crippen LogP contribution in [-0.2, 0) is 22.4 Å². The van der Waals surface area contributed by atoms with Crippen molar-refractivity contribution >= 4 is 28.8 Å². The molecular weight excluding hydrogens is 494 g/mol. The molecule has 1 amide bonds. The molecule has 0 spiro atoms. The van der Waals surface area contributed by atoms with E-state index >= 15 is 0 Å². The van der Waals surface area contributed by atoms with Crippen LogP contribution in [0.2, 0.25) is 0 Å². The zero-order chi connectivity index (χ0) is 27.4. The standard InChI is InChI=1S/C31H33N3O5/c1-3-38-29(35)20-28(26-9-5-4-7-21(26)2)33-17-14-23-19-25(12-13-27(23)33)39-18-15-24-11-10-22-8-6-16-34(31(36)37)30(22)32-24/h4-5,7,9-14,17,19,28H,3,6,8,15-16,18,20H2,1-2H3,(H,36,37). The van der Waals surface area contributed by atoms with Crippen LogP contribution in [0.4, 0.5) is 10.6 Å².